The van der Waals surface area contributed by atoms with Crippen LogP contribution < -0.4 is 14.4 Å². The van der Waals surface area contributed by atoms with Crippen LogP contribution in [0, 0.1) is 6.92 Å². The van der Waals surface area contributed by atoms with Crippen molar-refractivity contribution in [3.05, 3.63) is 53.6 Å². The summed E-state index contributed by atoms with van der Waals surface area (Å²) in [4.78, 5) is 16.7. The molecule has 1 heterocycles. The molecule has 3 rings (SSSR count). The molecular formula is C23H30N2O3. The largest absolute Gasteiger partial charge is 0.497 e. The topological polar surface area (TPSA) is 42.0 Å². The van der Waals surface area contributed by atoms with E-state index in [0.29, 0.717) is 19.0 Å². The van der Waals surface area contributed by atoms with E-state index in [0.717, 1.165) is 30.3 Å². The highest BCUT2D eigenvalue weighted by molar-refractivity contribution is 5.78. The molecule has 1 aliphatic rings. The maximum Gasteiger partial charge on any atom is 0.260 e. The molecule has 150 valence electrons. The van der Waals surface area contributed by atoms with Crippen LogP contribution in [0.15, 0.2) is 42.5 Å². The second kappa shape index (κ2) is 9.00. The zero-order valence-electron chi connectivity index (χ0n) is 17.3. The van der Waals surface area contributed by atoms with Crippen LogP contribution in [-0.4, -0.2) is 50.7 Å². The van der Waals surface area contributed by atoms with Crippen LogP contribution >= 0.6 is 0 Å². The highest BCUT2D eigenvalue weighted by Crippen LogP contribution is 2.24. The van der Waals surface area contributed by atoms with Crippen LogP contribution in [-0.2, 0) is 4.79 Å². The molecule has 0 N–H and O–H groups in total. The third kappa shape index (κ3) is 4.77. The van der Waals surface area contributed by atoms with Gasteiger partial charge in [0.1, 0.15) is 11.5 Å². The molecule has 1 aliphatic heterocycles. The number of aryl methyl sites for hydroxylation is 1. The second-order valence-electron chi connectivity index (χ2n) is 7.53. The van der Waals surface area contributed by atoms with E-state index >= 15 is 0 Å². The Hall–Kier alpha value is -2.69. The molecule has 5 nitrogen and oxygen atoms in total. The number of rotatable bonds is 6. The van der Waals surface area contributed by atoms with Gasteiger partial charge in [-0.2, -0.15) is 0 Å². The fraction of sp³-hybridized carbons (Fsp3) is 0.435. The number of methoxy groups -OCH3 is 1. The smallest absolute Gasteiger partial charge is 0.260 e. The normalized spacial score (nSPS) is 14.3. The quantitative estimate of drug-likeness (QED) is 0.761. The second-order valence-corrected chi connectivity index (χ2v) is 7.53. The van der Waals surface area contributed by atoms with Gasteiger partial charge >= 0.3 is 0 Å². The molecule has 0 unspecified atom stereocenters. The van der Waals surface area contributed by atoms with Crippen molar-refractivity contribution in [3.8, 4) is 11.5 Å². The van der Waals surface area contributed by atoms with Crippen LogP contribution in [0.3, 0.4) is 0 Å². The maximum atomic E-state index is 12.5. The van der Waals surface area contributed by atoms with E-state index in [1.807, 2.05) is 29.2 Å². The first-order valence-electron chi connectivity index (χ1n) is 9.88. The summed E-state index contributed by atoms with van der Waals surface area (Å²) in [6, 6.07) is 14.1. The molecule has 0 spiro atoms. The predicted molar refractivity (Wildman–Crippen MR) is 113 cm³/mol. The van der Waals surface area contributed by atoms with Crippen molar-refractivity contribution in [3.63, 3.8) is 0 Å². The summed E-state index contributed by atoms with van der Waals surface area (Å²) in [5.41, 5.74) is 3.67. The molecule has 5 heteroatoms. The summed E-state index contributed by atoms with van der Waals surface area (Å²) < 4.78 is 11.0. The first kappa shape index (κ1) is 20.1. The fourth-order valence-corrected chi connectivity index (χ4v) is 3.63. The predicted octanol–water partition coefficient (Wildman–Crippen LogP) is 3.85. The van der Waals surface area contributed by atoms with Gasteiger partial charge in [-0.15, -0.1) is 0 Å². The Labute approximate surface area is 167 Å². The third-order valence-corrected chi connectivity index (χ3v) is 5.30. The number of benzene rings is 2. The van der Waals surface area contributed by atoms with E-state index in [-0.39, 0.29) is 12.5 Å². The lowest BCUT2D eigenvalue weighted by Crippen LogP contribution is -2.50. The standard InChI is InChI=1S/C23H30N2O3/c1-17(2)22-10-9-21(15-18(22)3)28-16-23(26)25-13-11-24(12-14-25)19-5-7-20(27-4)8-6-19/h5-10,15,17H,11-14,16H2,1-4H3. The van der Waals surface area contributed by atoms with E-state index < -0.39 is 0 Å². The number of nitrogens with zero attached hydrogens (tertiary/aromatic N) is 2. The van der Waals surface area contributed by atoms with Crippen molar-refractivity contribution < 1.29 is 14.3 Å². The van der Waals surface area contributed by atoms with Gasteiger partial charge in [0.15, 0.2) is 6.61 Å². The maximum absolute atomic E-state index is 12.5. The molecule has 2 aromatic rings. The molecule has 1 amide bonds. The van der Waals surface area contributed by atoms with Gasteiger partial charge in [0, 0.05) is 31.9 Å². The number of carbonyl (C=O) groups is 1. The minimum atomic E-state index is 0.0416. The Morgan fingerprint density at radius 1 is 1.00 bits per heavy atom. The van der Waals surface area contributed by atoms with Crippen LogP contribution in [0.25, 0.3) is 0 Å². The lowest BCUT2D eigenvalue weighted by atomic mass is 9.98. The van der Waals surface area contributed by atoms with Gasteiger partial charge in [-0.3, -0.25) is 4.79 Å². The van der Waals surface area contributed by atoms with Crippen LogP contribution in [0.4, 0.5) is 5.69 Å². The number of carbonyl (C=O) groups excluding carboxylic acids is 1. The van der Waals surface area contributed by atoms with E-state index in [2.05, 4.69) is 43.9 Å². The highest BCUT2D eigenvalue weighted by Gasteiger charge is 2.21. The minimum Gasteiger partial charge on any atom is -0.497 e. The van der Waals surface area contributed by atoms with Crippen molar-refractivity contribution in [1.82, 2.24) is 4.90 Å². The Bertz CT molecular complexity index is 794. The molecular weight excluding hydrogens is 352 g/mol. The number of hydrogen-bond donors (Lipinski definition) is 0. The molecule has 1 fully saturated rings. The third-order valence-electron chi connectivity index (χ3n) is 5.30. The van der Waals surface area contributed by atoms with Crippen LogP contribution in [0.2, 0.25) is 0 Å². The summed E-state index contributed by atoms with van der Waals surface area (Å²) in [5.74, 6) is 2.14. The molecule has 1 saturated heterocycles. The van der Waals surface area contributed by atoms with Crippen molar-refractivity contribution in [2.24, 2.45) is 0 Å². The lowest BCUT2D eigenvalue weighted by Gasteiger charge is -2.36. The first-order chi connectivity index (χ1) is 13.5. The van der Waals surface area contributed by atoms with Gasteiger partial charge in [-0.05, 0) is 60.4 Å². The lowest BCUT2D eigenvalue weighted by molar-refractivity contribution is -0.133. The summed E-state index contributed by atoms with van der Waals surface area (Å²) in [7, 11) is 1.67. The summed E-state index contributed by atoms with van der Waals surface area (Å²) >= 11 is 0. The summed E-state index contributed by atoms with van der Waals surface area (Å²) in [6.07, 6.45) is 0. The Morgan fingerprint density at radius 2 is 1.64 bits per heavy atom. The number of amides is 1. The molecule has 0 bridgehead atoms. The van der Waals surface area contributed by atoms with Gasteiger partial charge < -0.3 is 19.3 Å². The average molecular weight is 383 g/mol. The van der Waals surface area contributed by atoms with Gasteiger partial charge in [0.2, 0.25) is 0 Å². The summed E-state index contributed by atoms with van der Waals surface area (Å²) in [5, 5.41) is 0. The van der Waals surface area contributed by atoms with Gasteiger partial charge in [0.05, 0.1) is 7.11 Å². The van der Waals surface area contributed by atoms with Crippen molar-refractivity contribution in [1.29, 1.82) is 0 Å². The van der Waals surface area contributed by atoms with Gasteiger partial charge in [0.25, 0.3) is 5.91 Å². The minimum absolute atomic E-state index is 0.0416. The van der Waals surface area contributed by atoms with E-state index in [9.17, 15) is 4.79 Å². The molecule has 0 saturated carbocycles. The SMILES string of the molecule is COc1ccc(N2CCN(C(=O)COc3ccc(C(C)C)c(C)c3)CC2)cc1. The summed E-state index contributed by atoms with van der Waals surface area (Å²) in [6.45, 7) is 9.58. The number of anilines is 1. The number of hydrogen-bond acceptors (Lipinski definition) is 4. The molecule has 2 aromatic carbocycles. The zero-order valence-corrected chi connectivity index (χ0v) is 17.3. The molecule has 0 radical (unpaired) electrons. The van der Waals surface area contributed by atoms with Crippen molar-refractivity contribution in [2.45, 2.75) is 26.7 Å². The Kier molecular flexibility index (Phi) is 6.45. The van der Waals surface area contributed by atoms with Crippen LogP contribution in [0.5, 0.6) is 11.5 Å². The number of piperazine rings is 1. The zero-order chi connectivity index (χ0) is 20.1. The molecule has 0 atom stereocenters. The number of ether oxygens (including phenoxy) is 2. The highest BCUT2D eigenvalue weighted by atomic mass is 16.5. The molecule has 0 aromatic heterocycles. The van der Waals surface area contributed by atoms with E-state index in [4.69, 9.17) is 9.47 Å². The van der Waals surface area contributed by atoms with Crippen molar-refractivity contribution >= 4 is 11.6 Å². The Balaban J connectivity index is 1.49. The van der Waals surface area contributed by atoms with E-state index in [1.54, 1.807) is 7.11 Å². The van der Waals surface area contributed by atoms with Gasteiger partial charge in [-0.1, -0.05) is 19.9 Å². The fourth-order valence-electron chi connectivity index (χ4n) is 3.63. The molecule has 0 aliphatic carbocycles. The van der Waals surface area contributed by atoms with Crippen molar-refractivity contribution in [2.75, 3.05) is 44.8 Å². The molecule has 28 heavy (non-hydrogen) atoms. The Morgan fingerprint density at radius 3 is 2.21 bits per heavy atom. The monoisotopic (exact) mass is 382 g/mol. The van der Waals surface area contributed by atoms with E-state index in [1.165, 1.54) is 11.1 Å². The first-order valence-corrected chi connectivity index (χ1v) is 9.88. The average Bonchev–Trinajstić information content (AvgIpc) is 2.72. The van der Waals surface area contributed by atoms with Gasteiger partial charge in [-0.25, -0.2) is 0 Å². The van der Waals surface area contributed by atoms with Crippen LogP contribution in [0.1, 0.15) is 30.9 Å².